The minimum absolute atomic E-state index is 0.158. The van der Waals surface area contributed by atoms with E-state index in [1.165, 1.54) is 0 Å². The van der Waals surface area contributed by atoms with Crippen molar-refractivity contribution < 1.29 is 25.2 Å². The van der Waals surface area contributed by atoms with Crippen LogP contribution in [0.4, 0.5) is 0 Å². The van der Waals surface area contributed by atoms with Crippen LogP contribution in [0, 0.1) is 35.5 Å². The van der Waals surface area contributed by atoms with Crippen LogP contribution >= 0.6 is 0 Å². The molecule has 4 rings (SSSR count). The molecule has 4 aliphatic carbocycles. The summed E-state index contributed by atoms with van der Waals surface area (Å²) in [5.41, 5.74) is 0. The number of hydrogen-bond acceptors (Lipinski definition) is 6. The van der Waals surface area contributed by atoms with Crippen molar-refractivity contribution in [3.63, 3.8) is 0 Å². The van der Waals surface area contributed by atoms with Gasteiger partial charge >= 0.3 is 0 Å². The lowest BCUT2D eigenvalue weighted by Crippen LogP contribution is -2.28. The van der Waals surface area contributed by atoms with Crippen LogP contribution in [0.1, 0.15) is 12.8 Å². The summed E-state index contributed by atoms with van der Waals surface area (Å²) >= 11 is 0. The summed E-state index contributed by atoms with van der Waals surface area (Å²) in [4.78, 5) is 0. The van der Waals surface area contributed by atoms with E-state index in [-0.39, 0.29) is 35.9 Å². The maximum Gasteiger partial charge on any atom is 0.264 e. The lowest BCUT2D eigenvalue weighted by Gasteiger charge is -2.32. The standard InChI is InChI=1S/C12H18O6S2/c1-19(13,14)17-11-7-3-6-8-4-5(7)10(9(6)11)12(8)18-20(2,15)16/h5-12H,3-4H2,1-2H3/t5-,6+,7-,8-,9-,10-,11+,12+/m0/s1. The van der Waals surface area contributed by atoms with Crippen molar-refractivity contribution in [3.05, 3.63) is 0 Å². The Hall–Kier alpha value is -0.180. The molecule has 4 aliphatic rings. The molecule has 4 saturated carbocycles. The third-order valence-corrected chi connectivity index (χ3v) is 6.94. The highest BCUT2D eigenvalue weighted by Crippen LogP contribution is 2.73. The summed E-state index contributed by atoms with van der Waals surface area (Å²) in [6.07, 6.45) is 3.57. The molecule has 0 heterocycles. The quantitative estimate of drug-likeness (QED) is 0.688. The summed E-state index contributed by atoms with van der Waals surface area (Å²) in [5, 5.41) is 0. The van der Waals surface area contributed by atoms with Crippen molar-refractivity contribution in [2.75, 3.05) is 12.5 Å². The van der Waals surface area contributed by atoms with E-state index in [2.05, 4.69) is 0 Å². The Labute approximate surface area is 119 Å². The lowest BCUT2D eigenvalue weighted by atomic mass is 9.71. The van der Waals surface area contributed by atoms with E-state index < -0.39 is 20.2 Å². The van der Waals surface area contributed by atoms with Crippen LogP contribution in [0.25, 0.3) is 0 Å². The van der Waals surface area contributed by atoms with Crippen molar-refractivity contribution in [3.8, 4) is 0 Å². The molecule has 0 N–H and O–H groups in total. The summed E-state index contributed by atoms with van der Waals surface area (Å²) < 4.78 is 56.3. The smallest absolute Gasteiger partial charge is 0.264 e. The van der Waals surface area contributed by atoms with Crippen molar-refractivity contribution in [1.29, 1.82) is 0 Å². The van der Waals surface area contributed by atoms with Crippen LogP contribution in [0.3, 0.4) is 0 Å². The summed E-state index contributed by atoms with van der Waals surface area (Å²) in [5.74, 6) is 1.57. The van der Waals surface area contributed by atoms with Crippen molar-refractivity contribution in [1.82, 2.24) is 0 Å². The second-order valence-electron chi connectivity index (χ2n) is 6.81. The van der Waals surface area contributed by atoms with Crippen LogP contribution in [0.2, 0.25) is 0 Å². The monoisotopic (exact) mass is 322 g/mol. The fraction of sp³-hybridized carbons (Fsp3) is 1.00. The molecule has 114 valence electrons. The molecular formula is C12H18O6S2. The van der Waals surface area contributed by atoms with Gasteiger partial charge in [-0.1, -0.05) is 0 Å². The van der Waals surface area contributed by atoms with Crippen molar-refractivity contribution in [2.45, 2.75) is 25.0 Å². The van der Waals surface area contributed by atoms with Gasteiger partial charge in [-0.2, -0.15) is 16.8 Å². The summed E-state index contributed by atoms with van der Waals surface area (Å²) in [7, 11) is -6.94. The molecule has 4 fully saturated rings. The highest BCUT2D eigenvalue weighted by Gasteiger charge is 2.74. The molecule has 0 aliphatic heterocycles. The van der Waals surface area contributed by atoms with Gasteiger partial charge in [-0.15, -0.1) is 0 Å². The van der Waals surface area contributed by atoms with Gasteiger partial charge in [-0.3, -0.25) is 8.37 Å². The molecule has 0 radical (unpaired) electrons. The minimum atomic E-state index is -3.47. The molecule has 0 aromatic rings. The molecule has 0 unspecified atom stereocenters. The van der Waals surface area contributed by atoms with Crippen LogP contribution in [0.15, 0.2) is 0 Å². The topological polar surface area (TPSA) is 86.7 Å². The van der Waals surface area contributed by atoms with Gasteiger partial charge in [0.1, 0.15) is 0 Å². The molecule has 0 amide bonds. The molecule has 0 aromatic heterocycles. The molecule has 20 heavy (non-hydrogen) atoms. The zero-order valence-corrected chi connectivity index (χ0v) is 12.9. The Morgan fingerprint density at radius 1 is 0.700 bits per heavy atom. The van der Waals surface area contributed by atoms with Gasteiger partial charge < -0.3 is 0 Å². The molecule has 4 bridgehead atoms. The number of hydrogen-bond donors (Lipinski definition) is 0. The third kappa shape index (κ3) is 1.74. The number of rotatable bonds is 4. The SMILES string of the molecule is CS(=O)(=O)O[C@@H]1[C@H]2C[C@@H]3[C@@H]4C[C@@H]2[C@H]([C@@H]4OS(C)(=O)=O)[C@H]31. The van der Waals surface area contributed by atoms with Crippen LogP contribution in [-0.4, -0.2) is 41.6 Å². The Morgan fingerprint density at radius 2 is 1.05 bits per heavy atom. The largest absolute Gasteiger partial charge is 0.266 e. The zero-order valence-electron chi connectivity index (χ0n) is 11.3. The molecule has 8 heteroatoms. The van der Waals surface area contributed by atoms with Gasteiger partial charge in [-0.05, 0) is 48.3 Å². The first-order chi connectivity index (χ1) is 9.16. The molecule has 8 atom stereocenters. The van der Waals surface area contributed by atoms with E-state index in [1.807, 2.05) is 0 Å². The first-order valence-corrected chi connectivity index (χ1v) is 10.6. The van der Waals surface area contributed by atoms with E-state index in [0.29, 0.717) is 11.8 Å². The zero-order chi connectivity index (χ0) is 14.4. The maximum atomic E-state index is 11.4. The molecule has 6 nitrogen and oxygen atoms in total. The average Bonchev–Trinajstić information content (AvgIpc) is 2.89. The Balaban J connectivity index is 1.64. The van der Waals surface area contributed by atoms with E-state index in [9.17, 15) is 16.8 Å². The molecule has 0 saturated heterocycles. The van der Waals surface area contributed by atoms with Crippen LogP contribution < -0.4 is 0 Å². The second kappa shape index (κ2) is 3.77. The van der Waals surface area contributed by atoms with E-state index in [1.54, 1.807) is 0 Å². The predicted molar refractivity (Wildman–Crippen MR) is 69.6 cm³/mol. The van der Waals surface area contributed by atoms with Gasteiger partial charge in [0.2, 0.25) is 0 Å². The highest BCUT2D eigenvalue weighted by molar-refractivity contribution is 7.86. The normalized spacial score (nSPS) is 52.3. The van der Waals surface area contributed by atoms with Crippen molar-refractivity contribution >= 4 is 20.2 Å². The van der Waals surface area contributed by atoms with Gasteiger partial charge in [0, 0.05) is 0 Å². The van der Waals surface area contributed by atoms with Crippen molar-refractivity contribution in [2.24, 2.45) is 35.5 Å². The van der Waals surface area contributed by atoms with E-state index in [4.69, 9.17) is 8.37 Å². The molecular weight excluding hydrogens is 304 g/mol. The lowest BCUT2D eigenvalue weighted by molar-refractivity contribution is 0.129. The van der Waals surface area contributed by atoms with E-state index >= 15 is 0 Å². The van der Waals surface area contributed by atoms with Crippen LogP contribution in [0.5, 0.6) is 0 Å². The predicted octanol–water partition coefficient (Wildman–Crippen LogP) is 0.208. The van der Waals surface area contributed by atoms with E-state index in [0.717, 1.165) is 25.4 Å². The first-order valence-electron chi connectivity index (χ1n) is 6.92. The average molecular weight is 322 g/mol. The number of fused-ring (bicyclic) bond motifs is 4. The summed E-state index contributed by atoms with van der Waals surface area (Å²) in [6.45, 7) is 0. The first kappa shape index (κ1) is 13.5. The van der Waals surface area contributed by atoms with Gasteiger partial charge in [0.15, 0.2) is 0 Å². The van der Waals surface area contributed by atoms with Gasteiger partial charge in [0.05, 0.1) is 24.7 Å². The molecule has 0 spiro atoms. The second-order valence-corrected chi connectivity index (χ2v) is 10.0. The van der Waals surface area contributed by atoms with Crippen LogP contribution in [-0.2, 0) is 28.6 Å². The minimum Gasteiger partial charge on any atom is -0.266 e. The van der Waals surface area contributed by atoms with Gasteiger partial charge in [0.25, 0.3) is 20.2 Å². The Morgan fingerprint density at radius 3 is 1.35 bits per heavy atom. The molecule has 0 aromatic carbocycles. The summed E-state index contributed by atoms with van der Waals surface area (Å²) in [6, 6.07) is 0. The highest BCUT2D eigenvalue weighted by atomic mass is 32.2. The van der Waals surface area contributed by atoms with Gasteiger partial charge in [-0.25, -0.2) is 0 Å². The fourth-order valence-electron chi connectivity index (χ4n) is 5.71. The Kier molecular flexibility index (Phi) is 2.54. The maximum absolute atomic E-state index is 11.4. The Bertz CT molecular complexity index is 595. The third-order valence-electron chi connectivity index (χ3n) is 5.80. The fourth-order valence-corrected chi connectivity index (χ4v) is 7.06.